The highest BCUT2D eigenvalue weighted by atomic mass is 35.5. The number of aromatic nitrogens is 1. The number of nitrogens with zero attached hydrogens (tertiary/aromatic N) is 1. The van der Waals surface area contributed by atoms with Crippen molar-refractivity contribution < 1.29 is 5.11 Å². The summed E-state index contributed by atoms with van der Waals surface area (Å²) in [6.45, 7) is 0.0851. The number of rotatable bonds is 4. The third-order valence-corrected chi connectivity index (χ3v) is 3.08. The van der Waals surface area contributed by atoms with E-state index in [0.717, 1.165) is 0 Å². The Kier molecular flexibility index (Phi) is 5.09. The third kappa shape index (κ3) is 3.20. The average Bonchev–Trinajstić information content (AvgIpc) is 2.21. The zero-order valence-electron chi connectivity index (χ0n) is 7.88. The quantitative estimate of drug-likeness (QED) is 0.826. The first-order chi connectivity index (χ1) is 7.07. The summed E-state index contributed by atoms with van der Waals surface area (Å²) in [7, 11) is 0. The number of hydrogen-bond donors (Lipinski definition) is 2. The zero-order valence-corrected chi connectivity index (χ0v) is 10.1. The maximum atomic E-state index is 8.70. The molecule has 1 aromatic rings. The lowest BCUT2D eigenvalue weighted by Gasteiger charge is -2.15. The molecule has 6 heteroatoms. The number of aliphatic hydroxyl groups is 1. The van der Waals surface area contributed by atoms with Gasteiger partial charge in [-0.25, -0.2) is 4.98 Å². The van der Waals surface area contributed by atoms with Gasteiger partial charge in [0, 0.05) is 24.4 Å². The van der Waals surface area contributed by atoms with Crippen molar-refractivity contribution in [3.05, 3.63) is 27.0 Å². The van der Waals surface area contributed by atoms with Gasteiger partial charge in [-0.05, 0) is 12.8 Å². The fraction of sp³-hybridized carbons (Fsp3) is 0.444. The Morgan fingerprint density at radius 2 is 2.07 bits per heavy atom. The van der Waals surface area contributed by atoms with Gasteiger partial charge in [0.25, 0.3) is 0 Å². The zero-order chi connectivity index (χ0) is 11.4. The second-order valence-electron chi connectivity index (χ2n) is 3.10. The van der Waals surface area contributed by atoms with Crippen molar-refractivity contribution in [1.29, 1.82) is 0 Å². The Labute approximate surface area is 103 Å². The topological polar surface area (TPSA) is 59.1 Å². The highest BCUT2D eigenvalue weighted by Gasteiger charge is 2.17. The van der Waals surface area contributed by atoms with E-state index in [2.05, 4.69) is 4.98 Å². The molecule has 0 spiro atoms. The number of nitrogens with two attached hydrogens (primary N) is 1. The van der Waals surface area contributed by atoms with Gasteiger partial charge >= 0.3 is 0 Å². The molecule has 0 bridgehead atoms. The molecule has 0 aromatic carbocycles. The van der Waals surface area contributed by atoms with E-state index in [0.29, 0.717) is 23.4 Å². The van der Waals surface area contributed by atoms with E-state index in [-0.39, 0.29) is 22.8 Å². The van der Waals surface area contributed by atoms with E-state index in [1.165, 1.54) is 6.20 Å². The molecule has 1 aromatic heterocycles. The number of pyridine rings is 1. The van der Waals surface area contributed by atoms with Crippen LogP contribution < -0.4 is 5.73 Å². The number of aliphatic hydroxyl groups excluding tert-OH is 1. The summed E-state index contributed by atoms with van der Waals surface area (Å²) in [5.74, 6) is 0. The first-order valence-corrected chi connectivity index (χ1v) is 5.57. The lowest BCUT2D eigenvalue weighted by Crippen LogP contribution is -2.12. The van der Waals surface area contributed by atoms with Crippen LogP contribution in [0.5, 0.6) is 0 Å². The van der Waals surface area contributed by atoms with Gasteiger partial charge in [0.05, 0.1) is 10.0 Å². The van der Waals surface area contributed by atoms with Crippen LogP contribution >= 0.6 is 34.8 Å². The monoisotopic (exact) mass is 268 g/mol. The van der Waals surface area contributed by atoms with Crippen LogP contribution in [0.1, 0.15) is 24.4 Å². The summed E-state index contributed by atoms with van der Waals surface area (Å²) >= 11 is 17.6. The van der Waals surface area contributed by atoms with Crippen molar-refractivity contribution in [2.45, 2.75) is 18.9 Å². The maximum Gasteiger partial charge on any atom is 0.148 e. The minimum atomic E-state index is -0.336. The van der Waals surface area contributed by atoms with Gasteiger partial charge in [-0.15, -0.1) is 0 Å². The molecule has 15 heavy (non-hydrogen) atoms. The van der Waals surface area contributed by atoms with Crippen molar-refractivity contribution in [2.75, 3.05) is 6.61 Å². The molecule has 0 radical (unpaired) electrons. The molecular formula is C9H11Cl3N2O. The third-order valence-electron chi connectivity index (χ3n) is 2.01. The molecule has 0 aliphatic rings. The average molecular weight is 270 g/mol. The van der Waals surface area contributed by atoms with E-state index < -0.39 is 0 Å². The normalized spacial score (nSPS) is 12.9. The summed E-state index contributed by atoms with van der Waals surface area (Å²) in [6, 6.07) is -0.336. The summed E-state index contributed by atoms with van der Waals surface area (Å²) in [6.07, 6.45) is 2.61. The molecule has 0 amide bonds. The van der Waals surface area contributed by atoms with E-state index >= 15 is 0 Å². The first kappa shape index (κ1) is 13.0. The Bertz CT molecular complexity index is 346. The Hall–Kier alpha value is -0.0600. The molecule has 0 aliphatic carbocycles. The molecular weight excluding hydrogens is 258 g/mol. The van der Waals surface area contributed by atoms with Gasteiger partial charge in [0.15, 0.2) is 0 Å². The number of hydrogen-bond acceptors (Lipinski definition) is 3. The van der Waals surface area contributed by atoms with Crippen molar-refractivity contribution in [3.63, 3.8) is 0 Å². The molecule has 0 saturated heterocycles. The lowest BCUT2D eigenvalue weighted by atomic mass is 10.0. The van der Waals surface area contributed by atoms with E-state index in [1.807, 2.05) is 0 Å². The molecule has 0 fully saturated rings. The molecule has 1 rings (SSSR count). The number of halogens is 3. The highest BCUT2D eigenvalue weighted by molar-refractivity contribution is 6.43. The van der Waals surface area contributed by atoms with E-state index in [4.69, 9.17) is 45.6 Å². The van der Waals surface area contributed by atoms with Crippen LogP contribution in [0.25, 0.3) is 0 Å². The second-order valence-corrected chi connectivity index (χ2v) is 4.24. The molecule has 1 heterocycles. The van der Waals surface area contributed by atoms with Crippen molar-refractivity contribution in [1.82, 2.24) is 4.98 Å². The van der Waals surface area contributed by atoms with Crippen LogP contribution in [-0.4, -0.2) is 16.7 Å². The second kappa shape index (κ2) is 5.87. The molecule has 1 atom stereocenters. The molecule has 0 aliphatic heterocycles. The fourth-order valence-electron chi connectivity index (χ4n) is 1.25. The summed E-state index contributed by atoms with van der Waals surface area (Å²) in [5, 5.41) is 9.57. The fourth-order valence-corrected chi connectivity index (χ4v) is 2.02. The Balaban J connectivity index is 2.96. The van der Waals surface area contributed by atoms with Crippen LogP contribution in [-0.2, 0) is 0 Å². The largest absolute Gasteiger partial charge is 0.396 e. The van der Waals surface area contributed by atoms with Gasteiger partial charge in [-0.3, -0.25) is 0 Å². The Morgan fingerprint density at radius 3 is 2.67 bits per heavy atom. The van der Waals surface area contributed by atoms with Crippen LogP contribution in [0, 0.1) is 0 Å². The highest BCUT2D eigenvalue weighted by Crippen LogP contribution is 2.34. The summed E-state index contributed by atoms with van der Waals surface area (Å²) in [4.78, 5) is 3.80. The lowest BCUT2D eigenvalue weighted by molar-refractivity contribution is 0.280. The molecule has 84 valence electrons. The standard InChI is InChI=1S/C9H11Cl3N2O/c10-5-4-14-9(12)8(11)7(5)6(13)2-1-3-15/h4,6,15H,1-3,13H2/t6-/m1/s1. The van der Waals surface area contributed by atoms with Gasteiger partial charge in [-0.1, -0.05) is 34.8 Å². The summed E-state index contributed by atoms with van der Waals surface area (Å²) < 4.78 is 0. The van der Waals surface area contributed by atoms with E-state index in [9.17, 15) is 0 Å². The minimum absolute atomic E-state index is 0.0851. The van der Waals surface area contributed by atoms with Crippen LogP contribution in [0.2, 0.25) is 15.2 Å². The predicted molar refractivity (Wildman–Crippen MR) is 62.5 cm³/mol. The molecule has 3 N–H and O–H groups in total. The van der Waals surface area contributed by atoms with Crippen LogP contribution in [0.3, 0.4) is 0 Å². The Morgan fingerprint density at radius 1 is 1.40 bits per heavy atom. The van der Waals surface area contributed by atoms with Crippen molar-refractivity contribution in [3.8, 4) is 0 Å². The SMILES string of the molecule is N[C@H](CCCO)c1c(Cl)cnc(Cl)c1Cl. The van der Waals surface area contributed by atoms with Gasteiger partial charge in [0.1, 0.15) is 5.15 Å². The van der Waals surface area contributed by atoms with Gasteiger partial charge in [-0.2, -0.15) is 0 Å². The van der Waals surface area contributed by atoms with Crippen LogP contribution in [0.15, 0.2) is 6.20 Å². The summed E-state index contributed by atoms with van der Waals surface area (Å²) in [5.41, 5.74) is 6.47. The first-order valence-electron chi connectivity index (χ1n) is 4.43. The molecule has 3 nitrogen and oxygen atoms in total. The van der Waals surface area contributed by atoms with Crippen molar-refractivity contribution in [2.24, 2.45) is 5.73 Å². The maximum absolute atomic E-state index is 8.70. The van der Waals surface area contributed by atoms with Crippen molar-refractivity contribution >= 4 is 34.8 Å². The van der Waals surface area contributed by atoms with Crippen LogP contribution in [0.4, 0.5) is 0 Å². The molecule has 0 unspecified atom stereocenters. The molecule has 0 saturated carbocycles. The predicted octanol–water partition coefficient (Wildman–Crippen LogP) is 2.81. The van der Waals surface area contributed by atoms with Gasteiger partial charge < -0.3 is 10.8 Å². The van der Waals surface area contributed by atoms with Gasteiger partial charge in [0.2, 0.25) is 0 Å². The smallest absolute Gasteiger partial charge is 0.148 e. The minimum Gasteiger partial charge on any atom is -0.396 e. The van der Waals surface area contributed by atoms with E-state index in [1.54, 1.807) is 0 Å².